The molecule has 0 aromatic carbocycles. The standard InChI is InChI=1S/C11H22O/c1-3-4-5-6-7-8-11(2)9-10-12/h7-8,11-12H,3-6,9-10H2,1-2H3/b8-7-. The third-order valence-corrected chi connectivity index (χ3v) is 2.02. The molecule has 72 valence electrons. The molecule has 1 N–H and O–H groups in total. The SMILES string of the molecule is CCCCC/C=C\C(C)CCO. The quantitative estimate of drug-likeness (QED) is 0.459. The Morgan fingerprint density at radius 1 is 1.33 bits per heavy atom. The van der Waals surface area contributed by atoms with Crippen LogP contribution in [0.1, 0.15) is 46.0 Å². The Morgan fingerprint density at radius 2 is 2.08 bits per heavy atom. The van der Waals surface area contributed by atoms with Gasteiger partial charge >= 0.3 is 0 Å². The zero-order valence-electron chi connectivity index (χ0n) is 8.42. The van der Waals surface area contributed by atoms with Crippen LogP contribution in [0.2, 0.25) is 0 Å². The minimum Gasteiger partial charge on any atom is -0.396 e. The van der Waals surface area contributed by atoms with E-state index in [0.29, 0.717) is 12.5 Å². The summed E-state index contributed by atoms with van der Waals surface area (Å²) >= 11 is 0. The maximum Gasteiger partial charge on any atom is 0.0436 e. The van der Waals surface area contributed by atoms with Gasteiger partial charge in [0.25, 0.3) is 0 Å². The highest BCUT2D eigenvalue weighted by molar-refractivity contribution is 4.85. The molecule has 1 nitrogen and oxygen atoms in total. The van der Waals surface area contributed by atoms with Gasteiger partial charge < -0.3 is 5.11 Å². The highest BCUT2D eigenvalue weighted by atomic mass is 16.2. The molecule has 0 aliphatic heterocycles. The van der Waals surface area contributed by atoms with E-state index >= 15 is 0 Å². The molecule has 0 aromatic heterocycles. The van der Waals surface area contributed by atoms with Crippen LogP contribution < -0.4 is 0 Å². The molecular weight excluding hydrogens is 148 g/mol. The van der Waals surface area contributed by atoms with Gasteiger partial charge in [-0.05, 0) is 25.2 Å². The summed E-state index contributed by atoms with van der Waals surface area (Å²) in [6, 6.07) is 0. The molecule has 1 unspecified atom stereocenters. The van der Waals surface area contributed by atoms with Crippen LogP contribution in [-0.4, -0.2) is 11.7 Å². The smallest absolute Gasteiger partial charge is 0.0436 e. The highest BCUT2D eigenvalue weighted by Crippen LogP contribution is 2.05. The topological polar surface area (TPSA) is 20.2 Å². The molecule has 0 spiro atoms. The summed E-state index contributed by atoms with van der Waals surface area (Å²) in [5.74, 6) is 0.539. The minimum atomic E-state index is 0.306. The molecule has 1 heteroatoms. The summed E-state index contributed by atoms with van der Waals surface area (Å²) in [5, 5.41) is 8.64. The van der Waals surface area contributed by atoms with Gasteiger partial charge in [-0.3, -0.25) is 0 Å². The lowest BCUT2D eigenvalue weighted by atomic mass is 10.1. The molecule has 0 amide bonds. The Labute approximate surface area is 76.5 Å². The fourth-order valence-electron chi connectivity index (χ4n) is 1.14. The van der Waals surface area contributed by atoms with Crippen molar-refractivity contribution in [3.8, 4) is 0 Å². The maximum atomic E-state index is 8.64. The second-order valence-electron chi connectivity index (χ2n) is 3.41. The number of hydrogen-bond donors (Lipinski definition) is 1. The first-order valence-electron chi connectivity index (χ1n) is 5.08. The molecule has 0 heterocycles. The van der Waals surface area contributed by atoms with Gasteiger partial charge in [0.2, 0.25) is 0 Å². The van der Waals surface area contributed by atoms with Gasteiger partial charge in [-0.25, -0.2) is 0 Å². The second-order valence-corrected chi connectivity index (χ2v) is 3.41. The van der Waals surface area contributed by atoms with Crippen LogP contribution in [0.5, 0.6) is 0 Å². The van der Waals surface area contributed by atoms with Crippen LogP contribution in [0, 0.1) is 5.92 Å². The molecular formula is C11H22O. The fraction of sp³-hybridized carbons (Fsp3) is 0.818. The van der Waals surface area contributed by atoms with Crippen molar-refractivity contribution in [3.05, 3.63) is 12.2 Å². The van der Waals surface area contributed by atoms with E-state index in [0.717, 1.165) is 6.42 Å². The average molecular weight is 170 g/mol. The first kappa shape index (κ1) is 11.7. The van der Waals surface area contributed by atoms with E-state index in [1.54, 1.807) is 0 Å². The lowest BCUT2D eigenvalue weighted by molar-refractivity contribution is 0.274. The van der Waals surface area contributed by atoms with E-state index in [4.69, 9.17) is 5.11 Å². The van der Waals surface area contributed by atoms with Crippen LogP contribution in [0.3, 0.4) is 0 Å². The van der Waals surface area contributed by atoms with Gasteiger partial charge in [0.05, 0.1) is 0 Å². The van der Waals surface area contributed by atoms with E-state index in [2.05, 4.69) is 26.0 Å². The Kier molecular flexibility index (Phi) is 8.57. The Morgan fingerprint density at radius 3 is 2.67 bits per heavy atom. The van der Waals surface area contributed by atoms with Crippen molar-refractivity contribution in [2.24, 2.45) is 5.92 Å². The van der Waals surface area contributed by atoms with Crippen molar-refractivity contribution in [1.29, 1.82) is 0 Å². The summed E-state index contributed by atoms with van der Waals surface area (Å²) < 4.78 is 0. The maximum absolute atomic E-state index is 8.64. The van der Waals surface area contributed by atoms with Crippen LogP contribution in [0.15, 0.2) is 12.2 Å². The van der Waals surface area contributed by atoms with Crippen molar-refractivity contribution >= 4 is 0 Å². The van der Waals surface area contributed by atoms with Crippen LogP contribution in [0.4, 0.5) is 0 Å². The molecule has 1 atom stereocenters. The monoisotopic (exact) mass is 170 g/mol. The van der Waals surface area contributed by atoms with E-state index in [9.17, 15) is 0 Å². The van der Waals surface area contributed by atoms with Crippen molar-refractivity contribution < 1.29 is 5.11 Å². The molecule has 0 rings (SSSR count). The van der Waals surface area contributed by atoms with Crippen LogP contribution in [-0.2, 0) is 0 Å². The summed E-state index contributed by atoms with van der Waals surface area (Å²) in [6.45, 7) is 4.67. The molecule has 0 fully saturated rings. The predicted octanol–water partition coefficient (Wildman–Crippen LogP) is 3.14. The summed E-state index contributed by atoms with van der Waals surface area (Å²) in [5.41, 5.74) is 0. The minimum absolute atomic E-state index is 0.306. The Balaban J connectivity index is 3.22. The van der Waals surface area contributed by atoms with E-state index < -0.39 is 0 Å². The van der Waals surface area contributed by atoms with Gasteiger partial charge in [0, 0.05) is 6.61 Å². The number of aliphatic hydroxyl groups is 1. The Bertz CT molecular complexity index is 108. The van der Waals surface area contributed by atoms with E-state index in [1.807, 2.05) is 0 Å². The fourth-order valence-corrected chi connectivity index (χ4v) is 1.14. The molecule has 0 aliphatic rings. The lowest BCUT2D eigenvalue weighted by Crippen LogP contribution is -1.92. The average Bonchev–Trinajstić information content (AvgIpc) is 2.05. The highest BCUT2D eigenvalue weighted by Gasteiger charge is 1.93. The van der Waals surface area contributed by atoms with Gasteiger partial charge in [-0.2, -0.15) is 0 Å². The molecule has 0 saturated carbocycles. The summed E-state index contributed by atoms with van der Waals surface area (Å²) in [6.07, 6.45) is 10.5. The number of rotatable bonds is 7. The normalized spacial score (nSPS) is 13.9. The zero-order chi connectivity index (χ0) is 9.23. The van der Waals surface area contributed by atoms with Gasteiger partial charge in [-0.15, -0.1) is 0 Å². The van der Waals surface area contributed by atoms with Gasteiger partial charge in [0.1, 0.15) is 0 Å². The molecule has 0 saturated heterocycles. The molecule has 0 aliphatic carbocycles. The van der Waals surface area contributed by atoms with Gasteiger partial charge in [-0.1, -0.05) is 38.8 Å². The van der Waals surface area contributed by atoms with Gasteiger partial charge in [0.15, 0.2) is 0 Å². The molecule has 0 bridgehead atoms. The first-order chi connectivity index (χ1) is 5.81. The van der Waals surface area contributed by atoms with E-state index in [-0.39, 0.29) is 0 Å². The van der Waals surface area contributed by atoms with Crippen molar-refractivity contribution in [1.82, 2.24) is 0 Å². The Hall–Kier alpha value is -0.300. The summed E-state index contributed by atoms with van der Waals surface area (Å²) in [7, 11) is 0. The van der Waals surface area contributed by atoms with Crippen molar-refractivity contribution in [3.63, 3.8) is 0 Å². The lowest BCUT2D eigenvalue weighted by Gasteiger charge is -2.01. The third kappa shape index (κ3) is 7.80. The molecule has 12 heavy (non-hydrogen) atoms. The van der Waals surface area contributed by atoms with Crippen molar-refractivity contribution in [2.45, 2.75) is 46.0 Å². The van der Waals surface area contributed by atoms with E-state index in [1.165, 1.54) is 25.7 Å². The number of allylic oxidation sites excluding steroid dienone is 2. The van der Waals surface area contributed by atoms with Crippen molar-refractivity contribution in [2.75, 3.05) is 6.61 Å². The summed E-state index contributed by atoms with van der Waals surface area (Å²) in [4.78, 5) is 0. The van der Waals surface area contributed by atoms with Crippen LogP contribution in [0.25, 0.3) is 0 Å². The molecule has 0 aromatic rings. The first-order valence-corrected chi connectivity index (χ1v) is 5.08. The number of unbranched alkanes of at least 4 members (excludes halogenated alkanes) is 3. The second kappa shape index (κ2) is 8.79. The largest absolute Gasteiger partial charge is 0.396 e. The van der Waals surface area contributed by atoms with Crippen LogP contribution >= 0.6 is 0 Å². The molecule has 0 radical (unpaired) electrons. The number of aliphatic hydroxyl groups excluding tert-OH is 1. The zero-order valence-corrected chi connectivity index (χ0v) is 8.42. The predicted molar refractivity (Wildman–Crippen MR) is 54.1 cm³/mol. The number of hydrogen-bond acceptors (Lipinski definition) is 1. The third-order valence-electron chi connectivity index (χ3n) is 2.02.